The van der Waals surface area contributed by atoms with Crippen LogP contribution in [0.3, 0.4) is 0 Å². The van der Waals surface area contributed by atoms with E-state index in [-0.39, 0.29) is 5.54 Å². The smallest absolute Gasteiger partial charge is 0.103 e. The SMILES string of the molecule is CSCc1nc(C)c(C(C)(C)N)s1. The average Bonchev–Trinajstić information content (AvgIpc) is 2.30. The first-order valence-electron chi connectivity index (χ1n) is 4.19. The number of hydrogen-bond acceptors (Lipinski definition) is 4. The highest BCUT2D eigenvalue weighted by Gasteiger charge is 2.20. The molecular formula is C9H16N2S2. The van der Waals surface area contributed by atoms with Gasteiger partial charge in [0.25, 0.3) is 0 Å². The number of thioether (sulfide) groups is 1. The molecule has 4 heteroatoms. The summed E-state index contributed by atoms with van der Waals surface area (Å²) in [5, 5.41) is 1.18. The van der Waals surface area contributed by atoms with Gasteiger partial charge in [0.05, 0.1) is 5.69 Å². The van der Waals surface area contributed by atoms with Crippen LogP contribution in [0.2, 0.25) is 0 Å². The van der Waals surface area contributed by atoms with Crippen LogP contribution in [-0.4, -0.2) is 11.2 Å². The van der Waals surface area contributed by atoms with E-state index in [1.165, 1.54) is 9.88 Å². The maximum atomic E-state index is 6.03. The minimum atomic E-state index is -0.252. The molecule has 1 rings (SSSR count). The summed E-state index contributed by atoms with van der Waals surface area (Å²) in [6, 6.07) is 0. The van der Waals surface area contributed by atoms with Crippen molar-refractivity contribution >= 4 is 23.1 Å². The van der Waals surface area contributed by atoms with Crippen LogP contribution in [0.4, 0.5) is 0 Å². The van der Waals surface area contributed by atoms with E-state index in [1.807, 2.05) is 20.8 Å². The van der Waals surface area contributed by atoms with E-state index in [0.717, 1.165) is 11.4 Å². The fraction of sp³-hybridized carbons (Fsp3) is 0.667. The van der Waals surface area contributed by atoms with E-state index in [4.69, 9.17) is 5.73 Å². The van der Waals surface area contributed by atoms with Gasteiger partial charge in [0.15, 0.2) is 0 Å². The zero-order chi connectivity index (χ0) is 10.1. The van der Waals surface area contributed by atoms with Crippen molar-refractivity contribution in [2.24, 2.45) is 5.73 Å². The first-order valence-corrected chi connectivity index (χ1v) is 6.40. The Bertz CT molecular complexity index is 286. The summed E-state index contributed by atoms with van der Waals surface area (Å²) >= 11 is 3.53. The molecule has 0 aliphatic carbocycles. The van der Waals surface area contributed by atoms with Gasteiger partial charge in [0.2, 0.25) is 0 Å². The lowest BCUT2D eigenvalue weighted by Gasteiger charge is -2.16. The molecule has 2 nitrogen and oxygen atoms in total. The number of aryl methyl sites for hydroxylation is 1. The Kier molecular flexibility index (Phi) is 3.38. The number of nitrogens with zero attached hydrogens (tertiary/aromatic N) is 1. The van der Waals surface area contributed by atoms with Crippen LogP contribution in [0.5, 0.6) is 0 Å². The molecule has 0 atom stereocenters. The second-order valence-corrected chi connectivity index (χ2v) is 5.63. The fourth-order valence-corrected chi connectivity index (χ4v) is 3.01. The predicted molar refractivity (Wildman–Crippen MR) is 61.3 cm³/mol. The topological polar surface area (TPSA) is 38.9 Å². The average molecular weight is 216 g/mol. The van der Waals surface area contributed by atoms with E-state index >= 15 is 0 Å². The van der Waals surface area contributed by atoms with E-state index in [0.29, 0.717) is 0 Å². The normalized spacial score (nSPS) is 12.1. The molecule has 0 aliphatic heterocycles. The third-order valence-electron chi connectivity index (χ3n) is 1.69. The van der Waals surface area contributed by atoms with Gasteiger partial charge >= 0.3 is 0 Å². The molecule has 0 aliphatic rings. The van der Waals surface area contributed by atoms with Gasteiger partial charge in [-0.2, -0.15) is 11.8 Å². The number of nitrogens with two attached hydrogens (primary N) is 1. The molecule has 1 heterocycles. The summed E-state index contributed by atoms with van der Waals surface area (Å²) in [4.78, 5) is 5.69. The van der Waals surface area contributed by atoms with Crippen molar-refractivity contribution in [3.05, 3.63) is 15.6 Å². The standard InChI is InChI=1S/C9H16N2S2/c1-6-8(9(2,3)10)13-7(11-6)5-12-4/h5,10H2,1-4H3. The number of rotatable bonds is 3. The first-order chi connectivity index (χ1) is 5.95. The van der Waals surface area contributed by atoms with E-state index in [2.05, 4.69) is 11.2 Å². The molecule has 0 fully saturated rings. The zero-order valence-electron chi connectivity index (χ0n) is 8.55. The highest BCUT2D eigenvalue weighted by molar-refractivity contribution is 7.97. The maximum Gasteiger partial charge on any atom is 0.103 e. The highest BCUT2D eigenvalue weighted by atomic mass is 32.2. The number of aromatic nitrogens is 1. The van der Waals surface area contributed by atoms with Gasteiger partial charge in [-0.15, -0.1) is 11.3 Å². The van der Waals surface area contributed by atoms with Gasteiger partial charge in [-0.25, -0.2) is 4.98 Å². The van der Waals surface area contributed by atoms with Crippen molar-refractivity contribution in [3.63, 3.8) is 0 Å². The van der Waals surface area contributed by atoms with Crippen LogP contribution in [0, 0.1) is 6.92 Å². The van der Waals surface area contributed by atoms with Gasteiger partial charge in [0.1, 0.15) is 5.01 Å². The fourth-order valence-electron chi connectivity index (χ4n) is 1.24. The summed E-state index contributed by atoms with van der Waals surface area (Å²) in [6.07, 6.45) is 2.09. The third kappa shape index (κ3) is 2.69. The monoisotopic (exact) mass is 216 g/mol. The highest BCUT2D eigenvalue weighted by Crippen LogP contribution is 2.28. The Morgan fingerprint density at radius 2 is 2.15 bits per heavy atom. The van der Waals surface area contributed by atoms with Crippen LogP contribution in [0.1, 0.15) is 29.4 Å². The lowest BCUT2D eigenvalue weighted by molar-refractivity contribution is 0.562. The summed E-state index contributed by atoms with van der Waals surface area (Å²) < 4.78 is 0. The van der Waals surface area contributed by atoms with Gasteiger partial charge in [-0.05, 0) is 27.0 Å². The first kappa shape index (κ1) is 11.0. The second-order valence-electron chi connectivity index (χ2n) is 3.68. The molecular weight excluding hydrogens is 200 g/mol. The van der Waals surface area contributed by atoms with Gasteiger partial charge in [-0.3, -0.25) is 0 Å². The quantitative estimate of drug-likeness (QED) is 0.844. The van der Waals surface area contributed by atoms with Gasteiger partial charge < -0.3 is 5.73 Å². The predicted octanol–water partition coefficient (Wildman–Crippen LogP) is 2.51. The van der Waals surface area contributed by atoms with Crippen LogP contribution in [0.25, 0.3) is 0 Å². The largest absolute Gasteiger partial charge is 0.321 e. The van der Waals surface area contributed by atoms with Crippen LogP contribution >= 0.6 is 23.1 Å². The van der Waals surface area contributed by atoms with Crippen molar-refractivity contribution in [1.29, 1.82) is 0 Å². The Labute approximate surface area is 87.9 Å². The van der Waals surface area contributed by atoms with E-state index < -0.39 is 0 Å². The maximum absolute atomic E-state index is 6.03. The lowest BCUT2D eigenvalue weighted by atomic mass is 10.0. The molecule has 0 saturated heterocycles. The molecule has 2 N–H and O–H groups in total. The Balaban J connectivity index is 2.96. The Morgan fingerprint density at radius 1 is 1.54 bits per heavy atom. The molecule has 74 valence electrons. The molecule has 0 aromatic carbocycles. The van der Waals surface area contributed by atoms with Crippen molar-refractivity contribution in [2.75, 3.05) is 6.26 Å². The zero-order valence-corrected chi connectivity index (χ0v) is 10.2. The van der Waals surface area contributed by atoms with Crippen LogP contribution < -0.4 is 5.73 Å². The summed E-state index contributed by atoms with van der Waals surface area (Å²) in [7, 11) is 0. The Hall–Kier alpha value is -0.0600. The molecule has 0 spiro atoms. The summed E-state index contributed by atoms with van der Waals surface area (Å²) in [5.41, 5.74) is 6.86. The lowest BCUT2D eigenvalue weighted by Crippen LogP contribution is -2.28. The van der Waals surface area contributed by atoms with Crippen LogP contribution in [-0.2, 0) is 11.3 Å². The second kappa shape index (κ2) is 3.98. The van der Waals surface area contributed by atoms with Crippen molar-refractivity contribution < 1.29 is 0 Å². The van der Waals surface area contributed by atoms with Crippen molar-refractivity contribution in [2.45, 2.75) is 32.1 Å². The summed E-state index contributed by atoms with van der Waals surface area (Å²) in [5.74, 6) is 0.988. The molecule has 0 radical (unpaired) electrons. The van der Waals surface area contributed by atoms with E-state index in [1.54, 1.807) is 23.1 Å². The minimum absolute atomic E-state index is 0.252. The molecule has 0 amide bonds. The molecule has 13 heavy (non-hydrogen) atoms. The number of thiazole rings is 1. The molecule has 0 unspecified atom stereocenters. The molecule has 1 aromatic rings. The van der Waals surface area contributed by atoms with Crippen molar-refractivity contribution in [1.82, 2.24) is 4.98 Å². The van der Waals surface area contributed by atoms with Crippen LogP contribution in [0.15, 0.2) is 0 Å². The Morgan fingerprint density at radius 3 is 2.54 bits per heavy atom. The molecule has 0 saturated carbocycles. The third-order valence-corrected chi connectivity index (χ3v) is 3.94. The summed E-state index contributed by atoms with van der Waals surface area (Å²) in [6.45, 7) is 6.08. The van der Waals surface area contributed by atoms with Crippen molar-refractivity contribution in [3.8, 4) is 0 Å². The number of hydrogen-bond donors (Lipinski definition) is 1. The molecule has 0 bridgehead atoms. The van der Waals surface area contributed by atoms with E-state index in [9.17, 15) is 0 Å². The molecule has 1 aromatic heterocycles. The van der Waals surface area contributed by atoms with Gasteiger partial charge in [0, 0.05) is 16.2 Å². The van der Waals surface area contributed by atoms with Gasteiger partial charge in [-0.1, -0.05) is 0 Å². The minimum Gasteiger partial charge on any atom is -0.321 e.